The lowest BCUT2D eigenvalue weighted by Gasteiger charge is -2.29. The van der Waals surface area contributed by atoms with Crippen molar-refractivity contribution in [1.82, 2.24) is 5.32 Å². The molecule has 0 aliphatic carbocycles. The molecule has 0 bridgehead atoms. The molecule has 100 valence electrons. The molecule has 1 saturated heterocycles. The van der Waals surface area contributed by atoms with Gasteiger partial charge in [-0.2, -0.15) is 0 Å². The topological polar surface area (TPSA) is 66.5 Å². The van der Waals surface area contributed by atoms with Crippen molar-refractivity contribution >= 4 is 39.5 Å². The predicted octanol–water partition coefficient (Wildman–Crippen LogP) is 2.28. The van der Waals surface area contributed by atoms with E-state index in [-0.39, 0.29) is 0 Å². The van der Waals surface area contributed by atoms with Crippen molar-refractivity contribution in [2.75, 3.05) is 4.90 Å². The second-order valence-electron chi connectivity index (χ2n) is 4.58. The first kappa shape index (κ1) is 13.7. The van der Waals surface area contributed by atoms with Crippen molar-refractivity contribution in [3.8, 4) is 0 Å². The first-order valence-electron chi connectivity index (χ1n) is 5.78. The molecule has 19 heavy (non-hydrogen) atoms. The summed E-state index contributed by atoms with van der Waals surface area (Å²) < 4.78 is 0.935. The lowest BCUT2D eigenvalue weighted by molar-refractivity contribution is -0.133. The summed E-state index contributed by atoms with van der Waals surface area (Å²) in [6, 6.07) is 2.77. The zero-order valence-electron chi connectivity index (χ0n) is 10.8. The van der Waals surface area contributed by atoms with Gasteiger partial charge in [0.25, 0.3) is 0 Å². The summed E-state index contributed by atoms with van der Waals surface area (Å²) >= 11 is 3.43. The number of halogens is 1. The monoisotopic (exact) mass is 324 g/mol. The highest BCUT2D eigenvalue weighted by molar-refractivity contribution is 9.10. The van der Waals surface area contributed by atoms with Crippen LogP contribution in [0.4, 0.5) is 10.5 Å². The number of urea groups is 1. The number of anilines is 1. The molecule has 1 fully saturated rings. The van der Waals surface area contributed by atoms with Gasteiger partial charge in [0, 0.05) is 4.47 Å². The largest absolute Gasteiger partial charge is 0.335 e. The Hall–Kier alpha value is -1.69. The van der Waals surface area contributed by atoms with E-state index in [0.29, 0.717) is 5.69 Å². The number of hydrogen-bond donors (Lipinski definition) is 1. The Morgan fingerprint density at radius 3 is 2.21 bits per heavy atom. The molecule has 6 heteroatoms. The summed E-state index contributed by atoms with van der Waals surface area (Å²) in [6.45, 7) is 5.23. The summed E-state index contributed by atoms with van der Waals surface area (Å²) in [5.41, 5.74) is 2.31. The van der Waals surface area contributed by atoms with Crippen LogP contribution < -0.4 is 10.2 Å². The molecular weight excluding hydrogens is 312 g/mol. The molecule has 0 saturated carbocycles. The van der Waals surface area contributed by atoms with E-state index < -0.39 is 23.8 Å². The van der Waals surface area contributed by atoms with E-state index in [1.807, 2.05) is 13.8 Å². The molecule has 5 nitrogen and oxygen atoms in total. The van der Waals surface area contributed by atoms with Crippen molar-refractivity contribution in [3.05, 3.63) is 27.7 Å². The number of nitrogens with one attached hydrogen (secondary N) is 1. The van der Waals surface area contributed by atoms with Crippen LogP contribution in [0.25, 0.3) is 0 Å². The van der Waals surface area contributed by atoms with Crippen LogP contribution in [0.5, 0.6) is 0 Å². The van der Waals surface area contributed by atoms with Crippen LogP contribution in [0.15, 0.2) is 16.6 Å². The molecule has 1 aliphatic heterocycles. The average Bonchev–Trinajstić information content (AvgIpc) is 2.33. The van der Waals surface area contributed by atoms with Crippen molar-refractivity contribution in [3.63, 3.8) is 0 Å². The third-order valence-electron chi connectivity index (χ3n) is 3.10. The molecular formula is C13H13BrN2O3. The Balaban J connectivity index is 2.49. The average molecular weight is 325 g/mol. The van der Waals surface area contributed by atoms with E-state index in [1.165, 1.54) is 6.92 Å². The number of carbonyl (C=O) groups excluding carboxylic acids is 3. The number of aryl methyl sites for hydroxylation is 2. The lowest BCUT2D eigenvalue weighted by Crippen LogP contribution is -2.57. The number of nitrogens with zero attached hydrogens (tertiary/aromatic N) is 1. The van der Waals surface area contributed by atoms with Crippen molar-refractivity contribution in [1.29, 1.82) is 0 Å². The van der Waals surface area contributed by atoms with Crippen LogP contribution >= 0.6 is 15.9 Å². The quantitative estimate of drug-likeness (QED) is 0.806. The predicted molar refractivity (Wildman–Crippen MR) is 73.8 cm³/mol. The van der Waals surface area contributed by atoms with Gasteiger partial charge in [0.15, 0.2) is 0 Å². The molecule has 0 aromatic heterocycles. The van der Waals surface area contributed by atoms with E-state index in [1.54, 1.807) is 12.1 Å². The number of amides is 4. The zero-order valence-corrected chi connectivity index (χ0v) is 12.4. The molecule has 1 aliphatic rings. The molecule has 1 aromatic rings. The second-order valence-corrected chi connectivity index (χ2v) is 5.38. The number of hydrogen-bond acceptors (Lipinski definition) is 3. The molecule has 0 spiro atoms. The highest BCUT2D eigenvalue weighted by Crippen LogP contribution is 2.29. The van der Waals surface area contributed by atoms with Crippen LogP contribution in [0.2, 0.25) is 0 Å². The number of rotatable bonds is 1. The Morgan fingerprint density at radius 1 is 1.16 bits per heavy atom. The van der Waals surface area contributed by atoms with Gasteiger partial charge in [0.1, 0.15) is 5.92 Å². The normalized spacial score (nSPS) is 19.7. The highest BCUT2D eigenvalue weighted by atomic mass is 79.9. The lowest BCUT2D eigenvalue weighted by atomic mass is 10.1. The number of benzene rings is 1. The second kappa shape index (κ2) is 4.77. The Bertz CT molecular complexity index is 575. The molecule has 1 N–H and O–H groups in total. The minimum Gasteiger partial charge on any atom is -0.277 e. The third kappa shape index (κ3) is 2.28. The van der Waals surface area contributed by atoms with Gasteiger partial charge in [-0.1, -0.05) is 15.9 Å². The summed E-state index contributed by atoms with van der Waals surface area (Å²) in [6.07, 6.45) is 0. The van der Waals surface area contributed by atoms with Gasteiger partial charge >= 0.3 is 6.03 Å². The van der Waals surface area contributed by atoms with Gasteiger partial charge < -0.3 is 0 Å². The van der Waals surface area contributed by atoms with Crippen LogP contribution in [0.3, 0.4) is 0 Å². The first-order valence-corrected chi connectivity index (χ1v) is 6.57. The Kier molecular flexibility index (Phi) is 3.45. The standard InChI is InChI=1S/C13H13BrN2O3/c1-6-4-9(5-7(2)10(6)14)16-12(18)8(3)11(17)15-13(16)19/h4-5,8H,1-3H3,(H,15,17,19). The van der Waals surface area contributed by atoms with Gasteiger partial charge in [-0.05, 0) is 44.0 Å². The van der Waals surface area contributed by atoms with Crippen molar-refractivity contribution in [2.45, 2.75) is 20.8 Å². The third-order valence-corrected chi connectivity index (χ3v) is 4.35. The minimum atomic E-state index is -0.859. The Labute approximate surface area is 119 Å². The summed E-state index contributed by atoms with van der Waals surface area (Å²) in [5.74, 6) is -1.92. The maximum absolute atomic E-state index is 12.1. The first-order chi connectivity index (χ1) is 8.82. The molecule has 4 amide bonds. The number of barbiturate groups is 1. The molecule has 1 heterocycles. The van der Waals surface area contributed by atoms with Gasteiger partial charge in [-0.25, -0.2) is 9.69 Å². The molecule has 1 aromatic carbocycles. The smallest absolute Gasteiger partial charge is 0.277 e. The van der Waals surface area contributed by atoms with Crippen LogP contribution in [0.1, 0.15) is 18.1 Å². The molecule has 2 rings (SSSR count). The summed E-state index contributed by atoms with van der Waals surface area (Å²) in [4.78, 5) is 36.3. The summed E-state index contributed by atoms with van der Waals surface area (Å²) in [5, 5.41) is 2.18. The fraction of sp³-hybridized carbons (Fsp3) is 0.308. The van der Waals surface area contributed by atoms with Crippen molar-refractivity contribution in [2.24, 2.45) is 5.92 Å². The van der Waals surface area contributed by atoms with Crippen LogP contribution in [0, 0.1) is 19.8 Å². The minimum absolute atomic E-state index is 0.472. The maximum Gasteiger partial charge on any atom is 0.335 e. The van der Waals surface area contributed by atoms with Crippen molar-refractivity contribution < 1.29 is 14.4 Å². The highest BCUT2D eigenvalue weighted by Gasteiger charge is 2.38. The fourth-order valence-corrected chi connectivity index (χ4v) is 2.20. The van der Waals surface area contributed by atoms with E-state index in [4.69, 9.17) is 0 Å². The zero-order chi connectivity index (χ0) is 14.3. The van der Waals surface area contributed by atoms with E-state index in [0.717, 1.165) is 20.5 Å². The Morgan fingerprint density at radius 2 is 1.68 bits per heavy atom. The fourth-order valence-electron chi connectivity index (χ4n) is 1.97. The SMILES string of the molecule is Cc1cc(N2C(=O)NC(=O)C(C)C2=O)cc(C)c1Br. The maximum atomic E-state index is 12.1. The van der Waals surface area contributed by atoms with Gasteiger partial charge in [0.05, 0.1) is 5.69 Å². The summed E-state index contributed by atoms with van der Waals surface area (Å²) in [7, 11) is 0. The van der Waals surface area contributed by atoms with Gasteiger partial charge in [-0.3, -0.25) is 14.9 Å². The number of carbonyl (C=O) groups is 3. The molecule has 0 radical (unpaired) electrons. The number of imide groups is 2. The van der Waals surface area contributed by atoms with Crippen LogP contribution in [-0.4, -0.2) is 17.8 Å². The van der Waals surface area contributed by atoms with E-state index in [9.17, 15) is 14.4 Å². The molecule has 1 unspecified atom stereocenters. The molecule has 1 atom stereocenters. The van der Waals surface area contributed by atoms with Gasteiger partial charge in [-0.15, -0.1) is 0 Å². The van der Waals surface area contributed by atoms with E-state index in [2.05, 4.69) is 21.2 Å². The van der Waals surface area contributed by atoms with E-state index >= 15 is 0 Å². The van der Waals surface area contributed by atoms with Gasteiger partial charge in [0.2, 0.25) is 11.8 Å². The van der Waals surface area contributed by atoms with Crippen LogP contribution in [-0.2, 0) is 9.59 Å².